The zero-order valence-electron chi connectivity index (χ0n) is 13.5. The third-order valence-corrected chi connectivity index (χ3v) is 3.67. The second-order valence-electron chi connectivity index (χ2n) is 5.27. The van der Waals surface area contributed by atoms with Gasteiger partial charge in [0.25, 0.3) is 0 Å². The van der Waals surface area contributed by atoms with Crippen molar-refractivity contribution in [2.75, 3.05) is 12.4 Å². The molecule has 5 nitrogen and oxygen atoms in total. The van der Waals surface area contributed by atoms with E-state index in [-0.39, 0.29) is 18.4 Å². The fraction of sp³-hybridized carbons (Fsp3) is 0.222. The molecule has 6 heteroatoms. The van der Waals surface area contributed by atoms with Crippen LogP contribution in [0.15, 0.2) is 48.5 Å². The van der Waals surface area contributed by atoms with Crippen molar-refractivity contribution in [3.05, 3.63) is 59.1 Å². The highest BCUT2D eigenvalue weighted by Gasteiger charge is 2.15. The first-order chi connectivity index (χ1) is 11.5. The molecular weight excluding hydrogens is 328 g/mol. The topological polar surface area (TPSA) is 67.4 Å². The highest BCUT2D eigenvalue weighted by atomic mass is 35.5. The van der Waals surface area contributed by atoms with E-state index in [2.05, 4.69) is 10.6 Å². The number of nitrogens with one attached hydrogen (secondary N) is 2. The summed E-state index contributed by atoms with van der Waals surface area (Å²) in [7, 11) is 1.49. The predicted octanol–water partition coefficient (Wildman–Crippen LogP) is 3.55. The zero-order valence-corrected chi connectivity index (χ0v) is 14.3. The van der Waals surface area contributed by atoms with Gasteiger partial charge in [-0.2, -0.15) is 0 Å². The number of hydrogen-bond donors (Lipinski definition) is 2. The molecule has 0 saturated heterocycles. The number of carbonyl (C=O) groups is 2. The fourth-order valence-corrected chi connectivity index (χ4v) is 2.41. The number of carbonyl (C=O) groups excluding carboxylic acids is 2. The van der Waals surface area contributed by atoms with Crippen molar-refractivity contribution in [2.24, 2.45) is 0 Å². The van der Waals surface area contributed by atoms with E-state index in [1.807, 2.05) is 37.3 Å². The average molecular weight is 347 g/mol. The van der Waals surface area contributed by atoms with Gasteiger partial charge >= 0.3 is 0 Å². The quantitative estimate of drug-likeness (QED) is 0.786. The Bertz CT molecular complexity index is 719. The van der Waals surface area contributed by atoms with E-state index in [0.29, 0.717) is 16.5 Å². The van der Waals surface area contributed by atoms with Crippen molar-refractivity contribution in [1.82, 2.24) is 5.32 Å². The van der Waals surface area contributed by atoms with Crippen LogP contribution in [-0.4, -0.2) is 18.9 Å². The summed E-state index contributed by atoms with van der Waals surface area (Å²) in [6, 6.07) is 14.2. The predicted molar refractivity (Wildman–Crippen MR) is 94.3 cm³/mol. The van der Waals surface area contributed by atoms with Crippen LogP contribution in [-0.2, 0) is 9.59 Å². The first kappa shape index (κ1) is 17.8. The summed E-state index contributed by atoms with van der Waals surface area (Å²) in [4.78, 5) is 24.1. The molecule has 0 saturated carbocycles. The molecule has 0 spiro atoms. The van der Waals surface area contributed by atoms with Gasteiger partial charge in [0.05, 0.1) is 18.8 Å². The molecule has 126 valence electrons. The fourth-order valence-electron chi connectivity index (χ4n) is 2.24. The monoisotopic (exact) mass is 346 g/mol. The minimum absolute atomic E-state index is 0.174. The van der Waals surface area contributed by atoms with Crippen LogP contribution in [0.25, 0.3) is 0 Å². The lowest BCUT2D eigenvalue weighted by atomic mass is 10.1. The lowest BCUT2D eigenvalue weighted by Crippen LogP contribution is -2.30. The van der Waals surface area contributed by atoms with Gasteiger partial charge in [-0.15, -0.1) is 0 Å². The molecule has 0 radical (unpaired) electrons. The molecule has 0 aliphatic rings. The maximum atomic E-state index is 12.0. The molecule has 0 aliphatic carbocycles. The Balaban J connectivity index is 1.92. The van der Waals surface area contributed by atoms with E-state index in [4.69, 9.17) is 16.3 Å². The number of methoxy groups -OCH3 is 1. The molecule has 0 bridgehead atoms. The first-order valence-corrected chi connectivity index (χ1v) is 7.85. The van der Waals surface area contributed by atoms with Crippen LogP contribution in [0.2, 0.25) is 5.02 Å². The molecule has 0 aliphatic heterocycles. The minimum atomic E-state index is -0.437. The van der Waals surface area contributed by atoms with Gasteiger partial charge in [0.1, 0.15) is 12.2 Å². The molecule has 1 unspecified atom stereocenters. The van der Waals surface area contributed by atoms with Gasteiger partial charge in [0, 0.05) is 5.02 Å². The zero-order chi connectivity index (χ0) is 17.5. The number of halogens is 1. The Kier molecular flexibility index (Phi) is 6.21. The van der Waals surface area contributed by atoms with Crippen molar-refractivity contribution in [3.63, 3.8) is 0 Å². The van der Waals surface area contributed by atoms with Crippen LogP contribution in [0.4, 0.5) is 5.69 Å². The van der Waals surface area contributed by atoms with Crippen molar-refractivity contribution in [1.29, 1.82) is 0 Å². The molecule has 2 N–H and O–H groups in total. The Labute approximate surface area is 146 Å². The van der Waals surface area contributed by atoms with Crippen molar-refractivity contribution in [2.45, 2.75) is 19.4 Å². The molecule has 1 atom stereocenters. The molecule has 2 amide bonds. The Morgan fingerprint density at radius 3 is 2.50 bits per heavy atom. The number of rotatable bonds is 6. The van der Waals surface area contributed by atoms with Gasteiger partial charge in [-0.1, -0.05) is 41.9 Å². The van der Waals surface area contributed by atoms with Crippen molar-refractivity contribution >= 4 is 29.1 Å². The summed E-state index contributed by atoms with van der Waals surface area (Å²) in [5.74, 6) is -0.316. The van der Waals surface area contributed by atoms with E-state index in [0.717, 1.165) is 5.56 Å². The van der Waals surface area contributed by atoms with E-state index in [1.165, 1.54) is 7.11 Å². The summed E-state index contributed by atoms with van der Waals surface area (Å²) in [5.41, 5.74) is 1.40. The molecular formula is C18H19ClN2O3. The summed E-state index contributed by atoms with van der Waals surface area (Å²) in [5, 5.41) is 5.90. The van der Waals surface area contributed by atoms with Crippen LogP contribution >= 0.6 is 11.6 Å². The van der Waals surface area contributed by atoms with Crippen molar-refractivity contribution < 1.29 is 14.3 Å². The van der Waals surface area contributed by atoms with E-state index >= 15 is 0 Å². The molecule has 0 fully saturated rings. The number of ether oxygens (including phenoxy) is 1. The van der Waals surface area contributed by atoms with Crippen molar-refractivity contribution in [3.8, 4) is 5.75 Å². The smallest absolute Gasteiger partial charge is 0.233 e. The maximum Gasteiger partial charge on any atom is 0.233 e. The van der Waals surface area contributed by atoms with Crippen LogP contribution in [0.3, 0.4) is 0 Å². The van der Waals surface area contributed by atoms with Gasteiger partial charge in [-0.3, -0.25) is 9.59 Å². The third-order valence-electron chi connectivity index (χ3n) is 3.43. The summed E-state index contributed by atoms with van der Waals surface area (Å²) >= 11 is 5.91. The van der Waals surface area contributed by atoms with Gasteiger partial charge in [0.2, 0.25) is 11.8 Å². The number of hydrogen-bond acceptors (Lipinski definition) is 3. The summed E-state index contributed by atoms with van der Waals surface area (Å²) < 4.78 is 5.15. The van der Waals surface area contributed by atoms with Crippen LogP contribution in [0.5, 0.6) is 5.75 Å². The van der Waals surface area contributed by atoms with Gasteiger partial charge in [-0.05, 0) is 30.7 Å². The first-order valence-electron chi connectivity index (χ1n) is 7.47. The Morgan fingerprint density at radius 2 is 1.83 bits per heavy atom. The lowest BCUT2D eigenvalue weighted by molar-refractivity contribution is -0.127. The second-order valence-corrected chi connectivity index (χ2v) is 5.71. The molecule has 0 heterocycles. The maximum absolute atomic E-state index is 12.0. The Hall–Kier alpha value is -2.53. The third kappa shape index (κ3) is 4.99. The standard InChI is InChI=1S/C18H19ClN2O3/c1-12(13-6-4-3-5-7-13)20-17(22)11-18(23)21-15-10-14(19)8-9-16(15)24-2/h3-10,12H,11H2,1-2H3,(H,20,22)(H,21,23). The largest absolute Gasteiger partial charge is 0.495 e. The van der Waals surface area contributed by atoms with Crippen LogP contribution in [0, 0.1) is 0 Å². The van der Waals surface area contributed by atoms with Gasteiger partial charge < -0.3 is 15.4 Å². The summed E-state index contributed by atoms with van der Waals surface area (Å²) in [6.07, 6.45) is -0.285. The molecule has 2 aromatic rings. The molecule has 2 rings (SSSR count). The van der Waals surface area contributed by atoms with Gasteiger partial charge in [-0.25, -0.2) is 0 Å². The number of amides is 2. The minimum Gasteiger partial charge on any atom is -0.495 e. The van der Waals surface area contributed by atoms with E-state index < -0.39 is 5.91 Å². The Morgan fingerprint density at radius 1 is 1.12 bits per heavy atom. The highest BCUT2D eigenvalue weighted by Crippen LogP contribution is 2.27. The lowest BCUT2D eigenvalue weighted by Gasteiger charge is -2.14. The van der Waals surface area contributed by atoms with Crippen LogP contribution < -0.4 is 15.4 Å². The second kappa shape index (κ2) is 8.36. The van der Waals surface area contributed by atoms with E-state index in [1.54, 1.807) is 18.2 Å². The average Bonchev–Trinajstić information content (AvgIpc) is 2.55. The van der Waals surface area contributed by atoms with E-state index in [9.17, 15) is 9.59 Å². The SMILES string of the molecule is COc1ccc(Cl)cc1NC(=O)CC(=O)NC(C)c1ccccc1. The molecule has 24 heavy (non-hydrogen) atoms. The molecule has 2 aromatic carbocycles. The van der Waals surface area contributed by atoms with Crippen LogP contribution in [0.1, 0.15) is 24.9 Å². The molecule has 0 aromatic heterocycles. The normalized spacial score (nSPS) is 11.5. The number of benzene rings is 2. The highest BCUT2D eigenvalue weighted by molar-refractivity contribution is 6.31. The van der Waals surface area contributed by atoms with Gasteiger partial charge in [0.15, 0.2) is 0 Å². The number of anilines is 1. The summed E-state index contributed by atoms with van der Waals surface area (Å²) in [6.45, 7) is 1.87.